The molecule has 1 saturated heterocycles. The Bertz CT molecular complexity index is 1190. The summed E-state index contributed by atoms with van der Waals surface area (Å²) in [6, 6.07) is 6.05. The molecule has 7 heteroatoms. The van der Waals surface area contributed by atoms with Crippen molar-refractivity contribution in [1.29, 1.82) is 0 Å². The van der Waals surface area contributed by atoms with E-state index in [1.54, 1.807) is 12.0 Å². The van der Waals surface area contributed by atoms with E-state index in [2.05, 4.69) is 29.7 Å². The Morgan fingerprint density at radius 2 is 2.00 bits per heavy atom. The molecule has 0 N–H and O–H groups in total. The average Bonchev–Trinajstić information content (AvgIpc) is 2.99. The molecule has 0 radical (unpaired) electrons. The summed E-state index contributed by atoms with van der Waals surface area (Å²) in [4.78, 5) is 21.9. The number of nitrogens with zero attached hydrogens (tertiary/aromatic N) is 3. The van der Waals surface area contributed by atoms with Crippen LogP contribution in [0.1, 0.15) is 50.1 Å². The fourth-order valence-electron chi connectivity index (χ4n) is 4.76. The number of carbonyl (C=O) groups is 1. The third kappa shape index (κ3) is 5.08. The standard InChI is InChI=1S/C28H35N3O4/c1-8-10-22-21-16-30-13-14-31(27(32)35-28(4,5)6)15-20(30)17-34-26(21)19(3)25(29-22)24-18(2)11-9-12-23(24)33-7/h9,11-12,20H,13-17H2,1-7H3/t20-/m1/s1. The molecule has 1 fully saturated rings. The van der Waals surface area contributed by atoms with Crippen molar-refractivity contribution < 1.29 is 19.0 Å². The number of fused-ring (bicyclic) bond motifs is 2. The van der Waals surface area contributed by atoms with Crippen molar-refractivity contribution >= 4 is 6.09 Å². The molecule has 0 saturated carbocycles. The van der Waals surface area contributed by atoms with Crippen LogP contribution in [-0.4, -0.2) is 65.9 Å². The Morgan fingerprint density at radius 3 is 2.69 bits per heavy atom. The zero-order valence-electron chi connectivity index (χ0n) is 21.8. The second-order valence-corrected chi connectivity index (χ2v) is 10.1. The average molecular weight is 478 g/mol. The third-order valence-electron chi connectivity index (χ3n) is 6.45. The van der Waals surface area contributed by atoms with Crippen molar-refractivity contribution in [2.75, 3.05) is 33.4 Å². The zero-order valence-corrected chi connectivity index (χ0v) is 21.8. The first kappa shape index (κ1) is 24.9. The van der Waals surface area contributed by atoms with E-state index in [0.717, 1.165) is 51.7 Å². The SMILES string of the molecule is CC#Cc1nc(-c2c(C)cccc2OC)c(C)c2c1CN1CCN(C(=O)OC(C)(C)C)C[C@@H]1CO2. The van der Waals surface area contributed by atoms with Crippen LogP contribution in [0.15, 0.2) is 18.2 Å². The van der Waals surface area contributed by atoms with Crippen LogP contribution in [0.25, 0.3) is 11.3 Å². The van der Waals surface area contributed by atoms with Gasteiger partial charge in [0.15, 0.2) is 0 Å². The number of amides is 1. The molecule has 2 aliphatic heterocycles. The maximum atomic E-state index is 12.7. The fourth-order valence-corrected chi connectivity index (χ4v) is 4.76. The molecule has 35 heavy (non-hydrogen) atoms. The Hall–Kier alpha value is -3.24. The van der Waals surface area contributed by atoms with Gasteiger partial charge >= 0.3 is 6.09 Å². The van der Waals surface area contributed by atoms with E-state index < -0.39 is 5.60 Å². The summed E-state index contributed by atoms with van der Waals surface area (Å²) in [6.45, 7) is 14.6. The molecule has 0 spiro atoms. The van der Waals surface area contributed by atoms with Gasteiger partial charge in [-0.1, -0.05) is 18.1 Å². The van der Waals surface area contributed by atoms with Crippen LogP contribution in [0, 0.1) is 25.7 Å². The molecule has 3 heterocycles. The van der Waals surface area contributed by atoms with Gasteiger partial charge in [0.25, 0.3) is 0 Å². The van der Waals surface area contributed by atoms with Crippen molar-refractivity contribution in [2.24, 2.45) is 0 Å². The first-order valence-corrected chi connectivity index (χ1v) is 12.1. The first-order valence-electron chi connectivity index (χ1n) is 12.1. The summed E-state index contributed by atoms with van der Waals surface area (Å²) < 4.78 is 17.8. The topological polar surface area (TPSA) is 64.1 Å². The van der Waals surface area contributed by atoms with Crippen LogP contribution in [0.2, 0.25) is 0 Å². The minimum atomic E-state index is -0.520. The molecule has 0 aliphatic carbocycles. The van der Waals surface area contributed by atoms with Crippen LogP contribution in [-0.2, 0) is 11.3 Å². The maximum Gasteiger partial charge on any atom is 0.410 e. The summed E-state index contributed by atoms with van der Waals surface area (Å²) in [5.74, 6) is 7.84. The number of aryl methyl sites for hydroxylation is 1. The number of aromatic nitrogens is 1. The highest BCUT2D eigenvalue weighted by Crippen LogP contribution is 2.40. The largest absolute Gasteiger partial charge is 0.496 e. The highest BCUT2D eigenvalue weighted by atomic mass is 16.6. The van der Waals surface area contributed by atoms with E-state index in [-0.39, 0.29) is 12.1 Å². The monoisotopic (exact) mass is 477 g/mol. The molecule has 0 bridgehead atoms. The van der Waals surface area contributed by atoms with Crippen LogP contribution in [0.5, 0.6) is 11.5 Å². The van der Waals surface area contributed by atoms with Gasteiger partial charge in [-0.2, -0.15) is 0 Å². The fraction of sp³-hybridized carbons (Fsp3) is 0.500. The molecule has 7 nitrogen and oxygen atoms in total. The van der Waals surface area contributed by atoms with Crippen molar-refractivity contribution in [3.05, 3.63) is 40.6 Å². The number of ether oxygens (including phenoxy) is 3. The number of methoxy groups -OCH3 is 1. The quantitative estimate of drug-likeness (QED) is 0.591. The predicted octanol–water partition coefficient (Wildman–Crippen LogP) is 4.56. The maximum absolute atomic E-state index is 12.7. The van der Waals surface area contributed by atoms with Gasteiger partial charge in [0, 0.05) is 42.9 Å². The number of rotatable bonds is 2. The van der Waals surface area contributed by atoms with Gasteiger partial charge < -0.3 is 19.1 Å². The third-order valence-corrected chi connectivity index (χ3v) is 6.45. The molecule has 1 atom stereocenters. The molecule has 4 rings (SSSR count). The van der Waals surface area contributed by atoms with E-state index in [4.69, 9.17) is 19.2 Å². The molecule has 2 aliphatic rings. The highest BCUT2D eigenvalue weighted by molar-refractivity contribution is 5.76. The summed E-state index contributed by atoms with van der Waals surface area (Å²) in [5, 5.41) is 0. The highest BCUT2D eigenvalue weighted by Gasteiger charge is 2.36. The zero-order chi connectivity index (χ0) is 25.3. The number of benzene rings is 1. The normalized spacial score (nSPS) is 17.8. The van der Waals surface area contributed by atoms with E-state index >= 15 is 0 Å². The van der Waals surface area contributed by atoms with Gasteiger partial charge in [0.2, 0.25) is 0 Å². The van der Waals surface area contributed by atoms with Gasteiger partial charge in [-0.05, 0) is 59.1 Å². The van der Waals surface area contributed by atoms with Gasteiger partial charge in [-0.15, -0.1) is 0 Å². The molecule has 186 valence electrons. The van der Waals surface area contributed by atoms with Gasteiger partial charge in [0.1, 0.15) is 29.4 Å². The molecule has 1 amide bonds. The second kappa shape index (κ2) is 9.79. The number of hydrogen-bond donors (Lipinski definition) is 0. The summed E-state index contributed by atoms with van der Waals surface area (Å²) in [7, 11) is 1.68. The van der Waals surface area contributed by atoms with Gasteiger partial charge in [-0.25, -0.2) is 9.78 Å². The van der Waals surface area contributed by atoms with Crippen molar-refractivity contribution in [2.45, 2.75) is 59.7 Å². The van der Waals surface area contributed by atoms with Crippen molar-refractivity contribution in [1.82, 2.24) is 14.8 Å². The number of hydrogen-bond acceptors (Lipinski definition) is 6. The molecular weight excluding hydrogens is 442 g/mol. The van der Waals surface area contributed by atoms with Crippen LogP contribution < -0.4 is 9.47 Å². The summed E-state index contributed by atoms with van der Waals surface area (Å²) in [6.07, 6.45) is -0.275. The summed E-state index contributed by atoms with van der Waals surface area (Å²) in [5.41, 5.74) is 5.04. The first-order chi connectivity index (χ1) is 16.6. The van der Waals surface area contributed by atoms with Crippen LogP contribution in [0.4, 0.5) is 4.79 Å². The lowest BCUT2D eigenvalue weighted by atomic mass is 9.97. The predicted molar refractivity (Wildman–Crippen MR) is 136 cm³/mol. The van der Waals surface area contributed by atoms with Gasteiger partial charge in [0.05, 0.1) is 18.8 Å². The van der Waals surface area contributed by atoms with Gasteiger partial charge in [-0.3, -0.25) is 4.90 Å². The molecule has 1 aromatic carbocycles. The Kier molecular flexibility index (Phi) is 6.95. The van der Waals surface area contributed by atoms with E-state index in [0.29, 0.717) is 26.2 Å². The van der Waals surface area contributed by atoms with E-state index in [9.17, 15) is 4.79 Å². The second-order valence-electron chi connectivity index (χ2n) is 10.1. The minimum Gasteiger partial charge on any atom is -0.496 e. The summed E-state index contributed by atoms with van der Waals surface area (Å²) >= 11 is 0. The Balaban J connectivity index is 1.70. The number of piperazine rings is 1. The lowest BCUT2D eigenvalue weighted by Gasteiger charge is -2.40. The Morgan fingerprint density at radius 1 is 1.23 bits per heavy atom. The van der Waals surface area contributed by atoms with E-state index in [1.165, 1.54) is 0 Å². The smallest absolute Gasteiger partial charge is 0.410 e. The number of pyridine rings is 1. The molecular formula is C28H35N3O4. The minimum absolute atomic E-state index is 0.0574. The van der Waals surface area contributed by atoms with E-state index in [1.807, 2.05) is 46.8 Å². The van der Waals surface area contributed by atoms with Crippen LogP contribution >= 0.6 is 0 Å². The number of carbonyl (C=O) groups excluding carboxylic acids is 1. The lowest BCUT2D eigenvalue weighted by molar-refractivity contribution is -0.00157. The molecule has 1 aromatic heterocycles. The molecule has 2 aromatic rings. The van der Waals surface area contributed by atoms with Crippen LogP contribution in [0.3, 0.4) is 0 Å². The lowest BCUT2D eigenvalue weighted by Crippen LogP contribution is -2.56. The Labute approximate surface area is 208 Å². The van der Waals surface area contributed by atoms with Crippen molar-refractivity contribution in [3.8, 4) is 34.6 Å². The molecule has 0 unspecified atom stereocenters. The van der Waals surface area contributed by atoms with Crippen molar-refractivity contribution in [3.63, 3.8) is 0 Å².